The lowest BCUT2D eigenvalue weighted by Gasteiger charge is -2.26. The third-order valence-corrected chi connectivity index (χ3v) is 3.49. The fraction of sp³-hybridized carbons (Fsp3) is 0.235. The molecule has 0 radical (unpaired) electrons. The van der Waals surface area contributed by atoms with Gasteiger partial charge in [0.1, 0.15) is 5.75 Å². The van der Waals surface area contributed by atoms with Crippen LogP contribution in [0.5, 0.6) is 11.5 Å². The van der Waals surface area contributed by atoms with Crippen LogP contribution in [-0.2, 0) is 4.79 Å². The lowest BCUT2D eigenvalue weighted by atomic mass is 10.0. The van der Waals surface area contributed by atoms with E-state index in [4.69, 9.17) is 9.47 Å². The molecule has 0 aliphatic carbocycles. The number of rotatable bonds is 4. The number of fused-ring (bicyclic) bond motifs is 1. The fourth-order valence-corrected chi connectivity index (χ4v) is 2.43. The Hall–Kier alpha value is -2.56. The molecule has 1 heterocycles. The molecule has 22 heavy (non-hydrogen) atoms. The van der Waals surface area contributed by atoms with Gasteiger partial charge in [0.05, 0.1) is 12.6 Å². The van der Waals surface area contributed by atoms with E-state index in [1.165, 1.54) is 12.1 Å². The lowest BCUT2D eigenvalue weighted by molar-refractivity contribution is -0.124. The summed E-state index contributed by atoms with van der Waals surface area (Å²) in [6, 6.07) is 13.5. The summed E-state index contributed by atoms with van der Waals surface area (Å²) in [6.07, 6.45) is 0.697. The zero-order valence-electron chi connectivity index (χ0n) is 11.9. The van der Waals surface area contributed by atoms with E-state index in [-0.39, 0.29) is 24.3 Å². The predicted molar refractivity (Wildman–Crippen MR) is 79.3 cm³/mol. The maximum Gasteiger partial charge on any atom is 0.258 e. The Labute approximate surface area is 127 Å². The first-order valence-electron chi connectivity index (χ1n) is 7.12. The molecule has 0 aromatic heterocycles. The van der Waals surface area contributed by atoms with Crippen molar-refractivity contribution in [1.82, 2.24) is 5.32 Å². The van der Waals surface area contributed by atoms with E-state index in [1.807, 2.05) is 24.3 Å². The molecule has 0 saturated carbocycles. The molecule has 0 spiro atoms. The predicted octanol–water partition coefficient (Wildman–Crippen LogP) is 2.84. The molecule has 3 rings (SSSR count). The van der Waals surface area contributed by atoms with Gasteiger partial charge in [-0.25, -0.2) is 4.39 Å². The summed E-state index contributed by atoms with van der Waals surface area (Å²) in [5.74, 6) is 0.0933. The van der Waals surface area contributed by atoms with Gasteiger partial charge in [0.2, 0.25) is 0 Å². The van der Waals surface area contributed by atoms with Crippen LogP contribution >= 0.6 is 0 Å². The van der Waals surface area contributed by atoms with Gasteiger partial charge < -0.3 is 14.8 Å². The van der Waals surface area contributed by atoms with E-state index in [2.05, 4.69) is 5.32 Å². The molecule has 0 unspecified atom stereocenters. The van der Waals surface area contributed by atoms with Crippen LogP contribution in [0.25, 0.3) is 0 Å². The van der Waals surface area contributed by atoms with Gasteiger partial charge in [-0.3, -0.25) is 4.79 Å². The molecule has 1 atom stereocenters. The third-order valence-electron chi connectivity index (χ3n) is 3.49. The highest BCUT2D eigenvalue weighted by Crippen LogP contribution is 2.31. The number of amides is 1. The summed E-state index contributed by atoms with van der Waals surface area (Å²) >= 11 is 0. The van der Waals surface area contributed by atoms with E-state index >= 15 is 0 Å². The van der Waals surface area contributed by atoms with Gasteiger partial charge in [0.25, 0.3) is 5.91 Å². The number of halogens is 1. The summed E-state index contributed by atoms with van der Waals surface area (Å²) < 4.78 is 24.2. The Balaban J connectivity index is 1.60. The van der Waals surface area contributed by atoms with Crippen LogP contribution in [0.1, 0.15) is 18.0 Å². The van der Waals surface area contributed by atoms with Gasteiger partial charge in [0.15, 0.2) is 18.2 Å². The van der Waals surface area contributed by atoms with Gasteiger partial charge >= 0.3 is 0 Å². The van der Waals surface area contributed by atoms with Crippen LogP contribution in [0.4, 0.5) is 4.39 Å². The van der Waals surface area contributed by atoms with Crippen molar-refractivity contribution < 1.29 is 18.7 Å². The molecule has 1 N–H and O–H groups in total. The number of carbonyl (C=O) groups excluding carboxylic acids is 1. The topological polar surface area (TPSA) is 47.6 Å². The number of hydrogen-bond donors (Lipinski definition) is 1. The molecular formula is C17H16FNO3. The number of nitrogens with one attached hydrogen (secondary N) is 1. The molecule has 1 aliphatic rings. The average molecular weight is 301 g/mol. The normalized spacial score (nSPS) is 16.3. The molecule has 1 aliphatic heterocycles. The third kappa shape index (κ3) is 3.19. The minimum Gasteiger partial charge on any atom is -0.493 e. The number of ether oxygens (including phenoxy) is 2. The number of para-hydroxylation sites is 2. The summed E-state index contributed by atoms with van der Waals surface area (Å²) in [4.78, 5) is 12.0. The number of hydrogen-bond acceptors (Lipinski definition) is 3. The van der Waals surface area contributed by atoms with Crippen LogP contribution in [0.3, 0.4) is 0 Å². The second-order valence-electron chi connectivity index (χ2n) is 5.01. The van der Waals surface area contributed by atoms with Crippen molar-refractivity contribution >= 4 is 5.91 Å². The first kappa shape index (κ1) is 14.4. The van der Waals surface area contributed by atoms with Crippen LogP contribution in [0.2, 0.25) is 0 Å². The zero-order chi connectivity index (χ0) is 15.4. The molecule has 2 aromatic rings. The van der Waals surface area contributed by atoms with E-state index in [0.717, 1.165) is 11.3 Å². The van der Waals surface area contributed by atoms with E-state index in [0.29, 0.717) is 13.0 Å². The van der Waals surface area contributed by atoms with Gasteiger partial charge in [-0.15, -0.1) is 0 Å². The van der Waals surface area contributed by atoms with Gasteiger partial charge in [0, 0.05) is 12.0 Å². The number of benzene rings is 2. The molecule has 114 valence electrons. The van der Waals surface area contributed by atoms with Crippen molar-refractivity contribution in [1.29, 1.82) is 0 Å². The van der Waals surface area contributed by atoms with Crippen molar-refractivity contribution in [2.45, 2.75) is 12.5 Å². The molecule has 2 aromatic carbocycles. The van der Waals surface area contributed by atoms with Crippen molar-refractivity contribution in [2.24, 2.45) is 0 Å². The second kappa shape index (κ2) is 6.47. The quantitative estimate of drug-likeness (QED) is 0.944. The Morgan fingerprint density at radius 1 is 1.23 bits per heavy atom. The van der Waals surface area contributed by atoms with Gasteiger partial charge in [-0.05, 0) is 18.2 Å². The second-order valence-corrected chi connectivity index (χ2v) is 5.01. The van der Waals surface area contributed by atoms with E-state index < -0.39 is 5.82 Å². The maximum atomic E-state index is 13.4. The number of carbonyl (C=O) groups is 1. The zero-order valence-corrected chi connectivity index (χ0v) is 11.9. The molecule has 1 amide bonds. The highest BCUT2D eigenvalue weighted by atomic mass is 19.1. The monoisotopic (exact) mass is 301 g/mol. The molecule has 5 heteroatoms. The minimum atomic E-state index is -0.480. The molecule has 4 nitrogen and oxygen atoms in total. The molecule has 0 bridgehead atoms. The van der Waals surface area contributed by atoms with Crippen LogP contribution in [0, 0.1) is 5.82 Å². The standard InChI is InChI=1S/C17H16FNO3/c18-13-6-2-4-8-16(13)22-11-17(20)19-14-9-10-21-15-7-3-1-5-12(14)15/h1-8,14H,9-11H2,(H,19,20)/t14-/m0/s1. The first-order valence-corrected chi connectivity index (χ1v) is 7.12. The van der Waals surface area contributed by atoms with Crippen molar-refractivity contribution in [3.05, 3.63) is 59.9 Å². The summed E-state index contributed by atoms with van der Waals surface area (Å²) in [6.45, 7) is 0.330. The molecule has 0 fully saturated rings. The van der Waals surface area contributed by atoms with Crippen molar-refractivity contribution in [2.75, 3.05) is 13.2 Å². The SMILES string of the molecule is O=C(COc1ccccc1F)N[C@H]1CCOc2ccccc21. The fourth-order valence-electron chi connectivity index (χ4n) is 2.43. The van der Waals surface area contributed by atoms with Gasteiger partial charge in [-0.1, -0.05) is 30.3 Å². The van der Waals surface area contributed by atoms with Crippen LogP contribution < -0.4 is 14.8 Å². The summed E-state index contributed by atoms with van der Waals surface area (Å²) in [5, 5.41) is 2.90. The summed E-state index contributed by atoms with van der Waals surface area (Å²) in [5.41, 5.74) is 0.952. The average Bonchev–Trinajstić information content (AvgIpc) is 2.54. The van der Waals surface area contributed by atoms with E-state index in [9.17, 15) is 9.18 Å². The van der Waals surface area contributed by atoms with Gasteiger partial charge in [-0.2, -0.15) is 0 Å². The minimum absolute atomic E-state index is 0.0741. The highest BCUT2D eigenvalue weighted by molar-refractivity contribution is 5.78. The van der Waals surface area contributed by atoms with Crippen molar-refractivity contribution in [3.63, 3.8) is 0 Å². The molecule has 0 saturated heterocycles. The molecular weight excluding hydrogens is 285 g/mol. The summed E-state index contributed by atoms with van der Waals surface area (Å²) in [7, 11) is 0. The van der Waals surface area contributed by atoms with Crippen molar-refractivity contribution in [3.8, 4) is 11.5 Å². The van der Waals surface area contributed by atoms with E-state index in [1.54, 1.807) is 12.1 Å². The highest BCUT2D eigenvalue weighted by Gasteiger charge is 2.22. The largest absolute Gasteiger partial charge is 0.493 e. The van der Waals surface area contributed by atoms with Crippen LogP contribution in [0.15, 0.2) is 48.5 Å². The van der Waals surface area contributed by atoms with Crippen LogP contribution in [-0.4, -0.2) is 19.1 Å². The first-order chi connectivity index (χ1) is 10.7. The Morgan fingerprint density at radius 2 is 2.00 bits per heavy atom. The smallest absolute Gasteiger partial charge is 0.258 e. The lowest BCUT2D eigenvalue weighted by Crippen LogP contribution is -2.35. The Kier molecular flexibility index (Phi) is 4.23. The Bertz CT molecular complexity index is 674. The Morgan fingerprint density at radius 3 is 2.86 bits per heavy atom. The maximum absolute atomic E-state index is 13.4.